The molecular weight excluding hydrogens is 611 g/mol. The molecule has 1 aromatic heterocycles. The summed E-state index contributed by atoms with van der Waals surface area (Å²) in [5.74, 6) is 2.08. The maximum absolute atomic E-state index is 5.00. The highest BCUT2D eigenvalue weighted by Crippen LogP contribution is 2.41. The smallest absolute Gasteiger partial charge is 0.163 e. The van der Waals surface area contributed by atoms with Crippen LogP contribution < -0.4 is 5.32 Å². The Labute approximate surface area is 296 Å². The number of aromatic nitrogens is 3. The van der Waals surface area contributed by atoms with Crippen LogP contribution in [0.3, 0.4) is 0 Å². The molecule has 0 saturated heterocycles. The maximum atomic E-state index is 5.00. The molecule has 5 nitrogen and oxygen atoms in total. The summed E-state index contributed by atoms with van der Waals surface area (Å²) in [6.45, 7) is 12.4. The molecule has 5 heteroatoms. The van der Waals surface area contributed by atoms with Gasteiger partial charge in [-0.25, -0.2) is 15.0 Å². The number of aliphatic imine (C=N–C) groups is 1. The summed E-state index contributed by atoms with van der Waals surface area (Å²) in [6, 6.07) is 19.2. The molecule has 0 radical (unpaired) electrons. The molecule has 2 heterocycles. The molecule has 0 fully saturated rings. The van der Waals surface area contributed by atoms with Crippen LogP contribution in [0.5, 0.6) is 0 Å². The number of hydrogen-bond acceptors (Lipinski definition) is 5. The van der Waals surface area contributed by atoms with Crippen molar-refractivity contribution < 1.29 is 0 Å². The monoisotopic (exact) mass is 653 g/mol. The van der Waals surface area contributed by atoms with Crippen molar-refractivity contribution in [1.82, 2.24) is 20.3 Å². The number of nitrogens with one attached hydrogen (secondary N) is 1. The molecule has 0 saturated carbocycles. The average Bonchev–Trinajstić information content (AvgIpc) is 3.45. The van der Waals surface area contributed by atoms with E-state index in [1.54, 1.807) is 0 Å². The normalized spacial score (nSPS) is 18.4. The summed E-state index contributed by atoms with van der Waals surface area (Å²) in [4.78, 5) is 19.5. The minimum Gasteiger partial charge on any atom is -0.378 e. The number of allylic oxidation sites excluding steroid dienone is 16. The highest BCUT2D eigenvalue weighted by molar-refractivity contribution is 5.81. The second-order valence-corrected chi connectivity index (χ2v) is 12.5. The zero-order chi connectivity index (χ0) is 34.8. The van der Waals surface area contributed by atoms with Crippen LogP contribution in [0.25, 0.3) is 11.1 Å². The summed E-state index contributed by atoms with van der Waals surface area (Å²) >= 11 is 0. The van der Waals surface area contributed by atoms with Gasteiger partial charge in [0.2, 0.25) is 0 Å². The number of hydrogen-bond donors (Lipinski definition) is 1. The first-order valence-corrected chi connectivity index (χ1v) is 17.1. The van der Waals surface area contributed by atoms with Crippen molar-refractivity contribution in [2.75, 3.05) is 0 Å². The van der Waals surface area contributed by atoms with Crippen molar-refractivity contribution in [3.8, 4) is 0 Å². The molecule has 248 valence electrons. The lowest BCUT2D eigenvalue weighted by atomic mass is 9.70. The number of nitrogens with zero attached hydrogens (tertiary/aromatic N) is 4. The summed E-state index contributed by atoms with van der Waals surface area (Å²) in [6.07, 6.45) is 35.8. The first-order valence-electron chi connectivity index (χ1n) is 17.1. The van der Waals surface area contributed by atoms with Gasteiger partial charge < -0.3 is 5.32 Å². The lowest BCUT2D eigenvalue weighted by Gasteiger charge is -2.33. The molecule has 50 heavy (non-hydrogen) atoms. The van der Waals surface area contributed by atoms with Crippen LogP contribution >= 0.6 is 0 Å². The van der Waals surface area contributed by atoms with Crippen molar-refractivity contribution in [2.45, 2.75) is 44.6 Å². The molecule has 3 aromatic rings. The number of dihydropyridines is 1. The Balaban J connectivity index is 1.30. The molecule has 2 unspecified atom stereocenters. The van der Waals surface area contributed by atoms with Crippen molar-refractivity contribution in [2.24, 2.45) is 4.99 Å². The summed E-state index contributed by atoms with van der Waals surface area (Å²) in [5, 5.41) is 3.38. The highest BCUT2D eigenvalue weighted by atomic mass is 15.1. The van der Waals surface area contributed by atoms with Crippen LogP contribution in [0.2, 0.25) is 0 Å². The fourth-order valence-corrected chi connectivity index (χ4v) is 6.13. The van der Waals surface area contributed by atoms with E-state index in [1.165, 1.54) is 16.7 Å². The maximum Gasteiger partial charge on any atom is 0.163 e. The van der Waals surface area contributed by atoms with E-state index in [1.807, 2.05) is 55.8 Å². The Morgan fingerprint density at radius 2 is 1.60 bits per heavy atom. The van der Waals surface area contributed by atoms with Gasteiger partial charge in [-0.3, -0.25) is 4.99 Å². The van der Waals surface area contributed by atoms with Gasteiger partial charge in [0, 0.05) is 22.8 Å². The fraction of sp³-hybridized carbons (Fsp3) is 0.156. The minimum atomic E-state index is -0.414. The van der Waals surface area contributed by atoms with E-state index in [2.05, 4.69) is 134 Å². The van der Waals surface area contributed by atoms with Crippen LogP contribution in [0, 0.1) is 0 Å². The third-order valence-electron chi connectivity index (χ3n) is 9.10. The zero-order valence-electron chi connectivity index (χ0n) is 28.8. The van der Waals surface area contributed by atoms with E-state index >= 15 is 0 Å². The summed E-state index contributed by atoms with van der Waals surface area (Å²) in [7, 11) is 0. The van der Waals surface area contributed by atoms with Gasteiger partial charge in [0.1, 0.15) is 6.04 Å². The Bertz CT molecular complexity index is 2050. The molecule has 1 aliphatic heterocycles. The Hall–Kier alpha value is -5.94. The van der Waals surface area contributed by atoms with Crippen molar-refractivity contribution >= 4 is 17.4 Å². The molecule has 0 spiro atoms. The Morgan fingerprint density at radius 1 is 0.840 bits per heavy atom. The highest BCUT2D eigenvalue weighted by Gasteiger charge is 2.32. The van der Waals surface area contributed by atoms with Crippen LogP contribution in [0.15, 0.2) is 181 Å². The lowest BCUT2D eigenvalue weighted by Crippen LogP contribution is -2.25. The second kappa shape index (κ2) is 16.0. The molecule has 3 aliphatic rings. The topological polar surface area (TPSA) is 63.1 Å². The first-order chi connectivity index (χ1) is 24.5. The summed E-state index contributed by atoms with van der Waals surface area (Å²) in [5.41, 5.74) is 7.59. The number of benzene rings is 2. The van der Waals surface area contributed by atoms with E-state index < -0.39 is 5.41 Å². The van der Waals surface area contributed by atoms with Crippen LogP contribution in [0.4, 0.5) is 0 Å². The van der Waals surface area contributed by atoms with Gasteiger partial charge in [0.15, 0.2) is 17.5 Å². The van der Waals surface area contributed by atoms with Gasteiger partial charge >= 0.3 is 0 Å². The Morgan fingerprint density at radius 3 is 2.30 bits per heavy atom. The van der Waals surface area contributed by atoms with Gasteiger partial charge in [-0.2, -0.15) is 0 Å². The predicted molar refractivity (Wildman–Crippen MR) is 209 cm³/mol. The van der Waals surface area contributed by atoms with Crippen LogP contribution in [-0.4, -0.2) is 21.2 Å². The summed E-state index contributed by atoms with van der Waals surface area (Å²) < 4.78 is 0. The van der Waals surface area contributed by atoms with Gasteiger partial charge in [0.05, 0.1) is 5.70 Å². The molecule has 0 amide bonds. The molecule has 0 bridgehead atoms. The predicted octanol–water partition coefficient (Wildman–Crippen LogP) is 10.2. The molecule has 1 N–H and O–H groups in total. The van der Waals surface area contributed by atoms with E-state index in [0.29, 0.717) is 23.2 Å². The third kappa shape index (κ3) is 7.85. The van der Waals surface area contributed by atoms with Gasteiger partial charge in [-0.05, 0) is 73.2 Å². The zero-order valence-corrected chi connectivity index (χ0v) is 28.8. The van der Waals surface area contributed by atoms with Gasteiger partial charge in [-0.15, -0.1) is 0 Å². The SMILES string of the molecule is C=C(/C=C\C=C/C)C(=C)/N=C/c1ccc(C(C)(C2=CCC=C(c3nc(C4=CCCC=C4)nc(C4C=CC=CN4)n3)C=C2)c2ccccc2)cc1. The molecular formula is C45H43N5. The first kappa shape index (κ1) is 33.9. The van der Waals surface area contributed by atoms with E-state index in [9.17, 15) is 0 Å². The van der Waals surface area contributed by atoms with Gasteiger partial charge in [0.25, 0.3) is 0 Å². The fourth-order valence-electron chi connectivity index (χ4n) is 6.13. The molecule has 6 rings (SSSR count). The van der Waals surface area contributed by atoms with Gasteiger partial charge in [-0.1, -0.05) is 147 Å². The molecule has 2 atom stereocenters. The number of rotatable bonds is 11. The third-order valence-corrected chi connectivity index (χ3v) is 9.10. The average molecular weight is 654 g/mol. The standard InChI is InChI=1S/C45H43N5/c1-5-6-9-17-33(2)34(3)47-32-35-25-28-40(29-26-35)45(4,38-21-12-8-13-22-38)39-23-16-20-37(27-30-39)43-48-42(36-18-10-7-11-19-36)49-44(50-43)41-24-14-15-31-46-41/h5-6,8-10,12-15,17-32,41,46H,2-3,7,11,16H2,1,4H3/b6-5-,17-9-,47-32+. The molecule has 2 aromatic carbocycles. The quantitative estimate of drug-likeness (QED) is 0.165. The van der Waals surface area contributed by atoms with Crippen LogP contribution in [0.1, 0.15) is 73.3 Å². The Kier molecular flexibility index (Phi) is 10.8. The largest absolute Gasteiger partial charge is 0.378 e. The van der Waals surface area contributed by atoms with Crippen LogP contribution in [-0.2, 0) is 5.41 Å². The van der Waals surface area contributed by atoms with E-state index in [-0.39, 0.29) is 6.04 Å². The van der Waals surface area contributed by atoms with Crippen molar-refractivity contribution in [3.05, 3.63) is 210 Å². The molecule has 2 aliphatic carbocycles. The van der Waals surface area contributed by atoms with E-state index in [4.69, 9.17) is 15.0 Å². The minimum absolute atomic E-state index is 0.121. The second-order valence-electron chi connectivity index (χ2n) is 12.5. The van der Waals surface area contributed by atoms with E-state index in [0.717, 1.165) is 41.5 Å². The lowest BCUT2D eigenvalue weighted by molar-refractivity contribution is 0.678. The van der Waals surface area contributed by atoms with Crippen molar-refractivity contribution in [3.63, 3.8) is 0 Å². The van der Waals surface area contributed by atoms with Crippen molar-refractivity contribution in [1.29, 1.82) is 0 Å².